The van der Waals surface area contributed by atoms with Gasteiger partial charge in [0, 0.05) is 0 Å². The van der Waals surface area contributed by atoms with Gasteiger partial charge in [-0.25, -0.2) is 9.18 Å². The lowest BCUT2D eigenvalue weighted by molar-refractivity contribution is 0.0702. The molecule has 0 aromatic carbocycles. The van der Waals surface area contributed by atoms with Crippen molar-refractivity contribution in [3.8, 4) is 10.6 Å². The molecule has 0 bridgehead atoms. The van der Waals surface area contributed by atoms with Crippen molar-refractivity contribution in [2.75, 3.05) is 0 Å². The number of aromatic carboxylic acids is 1. The normalized spacial score (nSPS) is 10.4. The van der Waals surface area contributed by atoms with Crippen LogP contribution in [0.4, 0.5) is 4.39 Å². The number of carbonyl (C=O) groups is 1. The molecule has 0 saturated carbocycles. The van der Waals surface area contributed by atoms with Gasteiger partial charge in [-0.3, -0.25) is 4.98 Å². The van der Waals surface area contributed by atoms with Gasteiger partial charge in [0.15, 0.2) is 0 Å². The SMILES string of the molecule is Cc1cc(C(=O)O)sc1-c1ccc(F)cn1. The highest BCUT2D eigenvalue weighted by atomic mass is 32.1. The minimum absolute atomic E-state index is 0.263. The molecule has 82 valence electrons. The predicted molar refractivity (Wildman–Crippen MR) is 59.2 cm³/mol. The summed E-state index contributed by atoms with van der Waals surface area (Å²) in [5, 5.41) is 8.84. The standard InChI is InChI=1S/C11H8FNO2S/c1-6-4-9(11(14)15)16-10(6)8-3-2-7(12)5-13-8/h2-5H,1H3,(H,14,15). The van der Waals surface area contributed by atoms with Crippen molar-refractivity contribution < 1.29 is 14.3 Å². The first kappa shape index (κ1) is 10.8. The van der Waals surface area contributed by atoms with Crippen LogP contribution in [0.15, 0.2) is 24.4 Å². The number of nitrogens with zero attached hydrogens (tertiary/aromatic N) is 1. The third-order valence-electron chi connectivity index (χ3n) is 2.09. The fraction of sp³-hybridized carbons (Fsp3) is 0.0909. The van der Waals surface area contributed by atoms with Crippen molar-refractivity contribution in [2.45, 2.75) is 6.92 Å². The van der Waals surface area contributed by atoms with Gasteiger partial charge in [-0.2, -0.15) is 0 Å². The van der Waals surface area contributed by atoms with E-state index in [0.29, 0.717) is 5.69 Å². The fourth-order valence-corrected chi connectivity index (χ4v) is 2.34. The van der Waals surface area contributed by atoms with E-state index in [4.69, 9.17) is 5.11 Å². The molecule has 2 heterocycles. The maximum atomic E-state index is 12.7. The highest BCUT2D eigenvalue weighted by Crippen LogP contribution is 2.30. The monoisotopic (exact) mass is 237 g/mol. The van der Waals surface area contributed by atoms with Gasteiger partial charge in [-0.1, -0.05) is 0 Å². The van der Waals surface area contributed by atoms with E-state index in [1.165, 1.54) is 6.07 Å². The predicted octanol–water partition coefficient (Wildman–Crippen LogP) is 2.96. The zero-order valence-corrected chi connectivity index (χ0v) is 9.21. The summed E-state index contributed by atoms with van der Waals surface area (Å²) in [5.41, 5.74) is 1.43. The van der Waals surface area contributed by atoms with Crippen LogP contribution in [0.3, 0.4) is 0 Å². The van der Waals surface area contributed by atoms with E-state index in [-0.39, 0.29) is 4.88 Å². The van der Waals surface area contributed by atoms with Crippen molar-refractivity contribution in [3.05, 3.63) is 40.7 Å². The van der Waals surface area contributed by atoms with Crippen molar-refractivity contribution in [3.63, 3.8) is 0 Å². The highest BCUT2D eigenvalue weighted by Gasteiger charge is 2.13. The van der Waals surface area contributed by atoms with Crippen LogP contribution in [-0.2, 0) is 0 Å². The summed E-state index contributed by atoms with van der Waals surface area (Å²) in [6, 6.07) is 4.44. The number of pyridine rings is 1. The molecule has 2 aromatic heterocycles. The maximum Gasteiger partial charge on any atom is 0.345 e. The first-order chi connectivity index (χ1) is 7.58. The topological polar surface area (TPSA) is 50.2 Å². The van der Waals surface area contributed by atoms with Crippen molar-refractivity contribution in [1.29, 1.82) is 0 Å². The molecular formula is C11H8FNO2S. The third kappa shape index (κ3) is 1.94. The van der Waals surface area contributed by atoms with Gasteiger partial charge in [-0.15, -0.1) is 11.3 Å². The van der Waals surface area contributed by atoms with Crippen molar-refractivity contribution in [1.82, 2.24) is 4.98 Å². The number of thiophene rings is 1. The summed E-state index contributed by atoms with van der Waals surface area (Å²) in [6.45, 7) is 1.81. The molecule has 5 heteroatoms. The summed E-state index contributed by atoms with van der Waals surface area (Å²) >= 11 is 1.14. The number of rotatable bonds is 2. The summed E-state index contributed by atoms with van der Waals surface area (Å²) < 4.78 is 12.7. The minimum atomic E-state index is -0.957. The fourth-order valence-electron chi connectivity index (χ4n) is 1.35. The van der Waals surface area contributed by atoms with E-state index < -0.39 is 11.8 Å². The summed E-state index contributed by atoms with van der Waals surface area (Å²) in [4.78, 5) is 15.7. The van der Waals surface area contributed by atoms with Gasteiger partial charge in [-0.05, 0) is 30.7 Å². The molecule has 0 radical (unpaired) electrons. The number of carboxylic acid groups (broad SMARTS) is 1. The summed E-state index contributed by atoms with van der Waals surface area (Å²) in [5.74, 6) is -1.36. The molecule has 0 aliphatic carbocycles. The van der Waals surface area contributed by atoms with Crippen LogP contribution in [0, 0.1) is 12.7 Å². The highest BCUT2D eigenvalue weighted by molar-refractivity contribution is 7.17. The Labute approximate surface area is 95.2 Å². The quantitative estimate of drug-likeness (QED) is 0.873. The van der Waals surface area contributed by atoms with Gasteiger partial charge < -0.3 is 5.11 Å². The zero-order valence-electron chi connectivity index (χ0n) is 8.40. The van der Waals surface area contributed by atoms with E-state index in [1.54, 1.807) is 12.1 Å². The van der Waals surface area contributed by atoms with Gasteiger partial charge in [0.05, 0.1) is 16.8 Å². The number of aromatic nitrogens is 1. The molecule has 0 aliphatic rings. The molecule has 1 N–H and O–H groups in total. The van der Waals surface area contributed by atoms with E-state index >= 15 is 0 Å². The first-order valence-corrected chi connectivity index (χ1v) is 5.35. The largest absolute Gasteiger partial charge is 0.477 e. The van der Waals surface area contributed by atoms with Crippen LogP contribution in [0.1, 0.15) is 15.2 Å². The Morgan fingerprint density at radius 2 is 2.25 bits per heavy atom. The lowest BCUT2D eigenvalue weighted by Crippen LogP contribution is -1.89. The Bertz CT molecular complexity index is 533. The molecule has 0 unspecified atom stereocenters. The van der Waals surface area contributed by atoms with Crippen LogP contribution in [0.25, 0.3) is 10.6 Å². The third-order valence-corrected chi connectivity index (χ3v) is 3.34. The Hall–Kier alpha value is -1.75. The van der Waals surface area contributed by atoms with Crippen LogP contribution in [0.5, 0.6) is 0 Å². The molecule has 0 atom stereocenters. The van der Waals surface area contributed by atoms with E-state index in [2.05, 4.69) is 4.98 Å². The van der Waals surface area contributed by atoms with Gasteiger partial charge in [0.25, 0.3) is 0 Å². The minimum Gasteiger partial charge on any atom is -0.477 e. The first-order valence-electron chi connectivity index (χ1n) is 4.53. The second-order valence-electron chi connectivity index (χ2n) is 3.29. The second kappa shape index (κ2) is 4.02. The Kier molecular flexibility index (Phi) is 2.70. The summed E-state index contributed by atoms with van der Waals surface area (Å²) in [6.07, 6.45) is 1.12. The average molecular weight is 237 g/mol. The molecule has 16 heavy (non-hydrogen) atoms. The van der Waals surface area contributed by atoms with Crippen LogP contribution < -0.4 is 0 Å². The molecule has 0 fully saturated rings. The van der Waals surface area contributed by atoms with Crippen molar-refractivity contribution in [2.24, 2.45) is 0 Å². The van der Waals surface area contributed by atoms with E-state index in [9.17, 15) is 9.18 Å². The lowest BCUT2D eigenvalue weighted by atomic mass is 10.2. The lowest BCUT2D eigenvalue weighted by Gasteiger charge is -1.97. The summed E-state index contributed by atoms with van der Waals surface area (Å²) in [7, 11) is 0. The zero-order chi connectivity index (χ0) is 11.7. The number of halogens is 1. The van der Waals surface area contributed by atoms with E-state index in [0.717, 1.165) is 28.0 Å². The Morgan fingerprint density at radius 1 is 1.50 bits per heavy atom. The van der Waals surface area contributed by atoms with Crippen molar-refractivity contribution >= 4 is 17.3 Å². The van der Waals surface area contributed by atoms with Crippen LogP contribution in [0.2, 0.25) is 0 Å². The smallest absolute Gasteiger partial charge is 0.345 e. The molecule has 0 saturated heterocycles. The van der Waals surface area contributed by atoms with Gasteiger partial charge in [0.2, 0.25) is 0 Å². The van der Waals surface area contributed by atoms with Gasteiger partial charge >= 0.3 is 5.97 Å². The second-order valence-corrected chi connectivity index (χ2v) is 4.34. The molecule has 0 amide bonds. The van der Waals surface area contributed by atoms with Crippen LogP contribution in [-0.4, -0.2) is 16.1 Å². The molecule has 0 aliphatic heterocycles. The molecular weight excluding hydrogens is 229 g/mol. The Balaban J connectivity index is 2.47. The molecule has 2 rings (SSSR count). The number of hydrogen-bond acceptors (Lipinski definition) is 3. The van der Waals surface area contributed by atoms with Crippen LogP contribution >= 0.6 is 11.3 Å². The molecule has 2 aromatic rings. The average Bonchev–Trinajstić information content (AvgIpc) is 2.62. The van der Waals surface area contributed by atoms with Gasteiger partial charge in [0.1, 0.15) is 10.7 Å². The number of hydrogen-bond donors (Lipinski definition) is 1. The van der Waals surface area contributed by atoms with E-state index in [1.807, 2.05) is 6.92 Å². The number of carboxylic acids is 1. The maximum absolute atomic E-state index is 12.7. The number of aryl methyl sites for hydroxylation is 1. The Morgan fingerprint density at radius 3 is 2.75 bits per heavy atom. The molecule has 3 nitrogen and oxygen atoms in total. The molecule has 0 spiro atoms.